The molecule has 1 heterocycles. The van der Waals surface area contributed by atoms with Gasteiger partial charge in [0.1, 0.15) is 0 Å². The van der Waals surface area contributed by atoms with Gasteiger partial charge in [-0.1, -0.05) is 0 Å². The molecule has 0 atom stereocenters. The van der Waals surface area contributed by atoms with Crippen molar-refractivity contribution >= 4 is 33.2 Å². The average molecular weight is 236 g/mol. The predicted molar refractivity (Wildman–Crippen MR) is 45.9 cm³/mol. The van der Waals surface area contributed by atoms with Gasteiger partial charge >= 0.3 is 5.97 Å². The molecule has 1 N–H and O–H groups in total. The second-order valence-electron chi connectivity index (χ2n) is 2.02. The molecular weight excluding hydrogens is 230 g/mol. The fraction of sp³-hybridized carbons (Fsp3) is 0.333. The van der Waals surface area contributed by atoms with E-state index in [-0.39, 0.29) is 6.42 Å². The molecule has 0 spiro atoms. The van der Waals surface area contributed by atoms with Gasteiger partial charge in [0.15, 0.2) is 0 Å². The summed E-state index contributed by atoms with van der Waals surface area (Å²) in [5.74, 6) is -0.851. The van der Waals surface area contributed by atoms with Gasteiger partial charge in [-0.2, -0.15) is 0 Å². The van der Waals surface area contributed by atoms with Gasteiger partial charge in [0.05, 0.1) is 20.9 Å². The minimum atomic E-state index is -0.851. The monoisotopic (exact) mass is 235 g/mol. The first-order valence-corrected chi connectivity index (χ1v) is 4.54. The summed E-state index contributed by atoms with van der Waals surface area (Å²) in [6.45, 7) is 1.85. The standard InChI is InChI=1S/C6H6BrNO2S/c1-3-8-4(2-5(9)10)6(7)11-3/h2H2,1H3,(H,9,10). The number of aromatic nitrogens is 1. The number of carboxylic acids is 1. The average Bonchev–Trinajstić information content (AvgIpc) is 2.09. The fourth-order valence-corrected chi connectivity index (χ4v) is 2.28. The van der Waals surface area contributed by atoms with E-state index in [1.807, 2.05) is 6.92 Å². The van der Waals surface area contributed by atoms with E-state index in [9.17, 15) is 4.79 Å². The molecule has 0 saturated heterocycles. The van der Waals surface area contributed by atoms with Gasteiger partial charge in [-0.3, -0.25) is 4.79 Å². The molecule has 0 aromatic carbocycles. The number of aliphatic carboxylic acids is 1. The van der Waals surface area contributed by atoms with E-state index in [2.05, 4.69) is 20.9 Å². The predicted octanol–water partition coefficient (Wildman–Crippen LogP) is 1.84. The van der Waals surface area contributed by atoms with Crippen LogP contribution in [0.3, 0.4) is 0 Å². The van der Waals surface area contributed by atoms with Gasteiger partial charge in [0.2, 0.25) is 0 Å². The molecule has 60 valence electrons. The lowest BCUT2D eigenvalue weighted by atomic mass is 10.3. The lowest BCUT2D eigenvalue weighted by Gasteiger charge is -1.88. The first-order chi connectivity index (χ1) is 5.09. The number of carbonyl (C=O) groups is 1. The van der Waals surface area contributed by atoms with Crippen molar-refractivity contribution in [3.63, 3.8) is 0 Å². The van der Waals surface area contributed by atoms with E-state index >= 15 is 0 Å². The minimum absolute atomic E-state index is 0.00900. The Hall–Kier alpha value is -0.420. The van der Waals surface area contributed by atoms with Crippen molar-refractivity contribution in [2.45, 2.75) is 13.3 Å². The van der Waals surface area contributed by atoms with Gasteiger partial charge in [0, 0.05) is 0 Å². The second kappa shape index (κ2) is 3.32. The third-order valence-corrected chi connectivity index (χ3v) is 2.82. The Labute approximate surface area is 76.2 Å². The number of hydrogen-bond donors (Lipinski definition) is 1. The number of carboxylic acid groups (broad SMARTS) is 1. The molecule has 0 unspecified atom stereocenters. The van der Waals surface area contributed by atoms with E-state index in [4.69, 9.17) is 5.11 Å². The highest BCUT2D eigenvalue weighted by atomic mass is 79.9. The number of halogens is 1. The summed E-state index contributed by atoms with van der Waals surface area (Å²) in [5, 5.41) is 9.33. The topological polar surface area (TPSA) is 50.2 Å². The summed E-state index contributed by atoms with van der Waals surface area (Å²) in [4.78, 5) is 14.3. The first kappa shape index (κ1) is 8.67. The summed E-state index contributed by atoms with van der Waals surface area (Å²) in [7, 11) is 0. The number of nitrogens with zero attached hydrogens (tertiary/aromatic N) is 1. The lowest BCUT2D eigenvalue weighted by molar-refractivity contribution is -0.136. The van der Waals surface area contributed by atoms with Crippen LogP contribution in [0, 0.1) is 6.92 Å². The fourth-order valence-electron chi connectivity index (χ4n) is 0.698. The molecule has 0 fully saturated rings. The summed E-state index contributed by atoms with van der Waals surface area (Å²) in [6, 6.07) is 0. The van der Waals surface area contributed by atoms with Gasteiger partial charge in [-0.05, 0) is 22.9 Å². The van der Waals surface area contributed by atoms with Gasteiger partial charge < -0.3 is 5.11 Å². The highest BCUT2D eigenvalue weighted by Gasteiger charge is 2.09. The highest BCUT2D eigenvalue weighted by Crippen LogP contribution is 2.24. The normalized spacial score (nSPS) is 10.0. The van der Waals surface area contributed by atoms with Crippen LogP contribution in [-0.4, -0.2) is 16.1 Å². The number of rotatable bonds is 2. The van der Waals surface area contributed by atoms with Crippen molar-refractivity contribution in [3.8, 4) is 0 Å². The van der Waals surface area contributed by atoms with E-state index in [0.717, 1.165) is 8.79 Å². The maximum atomic E-state index is 10.3. The third-order valence-electron chi connectivity index (χ3n) is 1.08. The first-order valence-electron chi connectivity index (χ1n) is 2.93. The van der Waals surface area contributed by atoms with E-state index in [1.54, 1.807) is 0 Å². The van der Waals surface area contributed by atoms with Crippen LogP contribution in [0.4, 0.5) is 0 Å². The summed E-state index contributed by atoms with van der Waals surface area (Å²) in [5.41, 5.74) is 0.611. The van der Waals surface area contributed by atoms with E-state index in [1.165, 1.54) is 11.3 Å². The molecule has 0 aliphatic rings. The van der Waals surface area contributed by atoms with Crippen molar-refractivity contribution in [3.05, 3.63) is 14.5 Å². The van der Waals surface area contributed by atoms with Crippen LogP contribution in [0.5, 0.6) is 0 Å². The van der Waals surface area contributed by atoms with Crippen LogP contribution in [0.1, 0.15) is 10.7 Å². The Balaban J connectivity index is 2.85. The maximum absolute atomic E-state index is 10.3. The van der Waals surface area contributed by atoms with Gasteiger partial charge in [-0.25, -0.2) is 4.98 Å². The SMILES string of the molecule is Cc1nc(CC(=O)O)c(Br)s1. The van der Waals surface area contributed by atoms with Crippen LogP contribution in [0.2, 0.25) is 0 Å². The van der Waals surface area contributed by atoms with Crippen molar-refractivity contribution in [1.29, 1.82) is 0 Å². The van der Waals surface area contributed by atoms with Crippen LogP contribution in [0.15, 0.2) is 3.79 Å². The number of thiazole rings is 1. The zero-order valence-corrected chi connectivity index (χ0v) is 8.20. The van der Waals surface area contributed by atoms with Crippen molar-refractivity contribution in [2.75, 3.05) is 0 Å². The van der Waals surface area contributed by atoms with Crippen LogP contribution >= 0.6 is 27.3 Å². The quantitative estimate of drug-likeness (QED) is 0.852. The van der Waals surface area contributed by atoms with Crippen LogP contribution < -0.4 is 0 Å². The zero-order valence-electron chi connectivity index (χ0n) is 5.80. The molecule has 0 radical (unpaired) electrons. The largest absolute Gasteiger partial charge is 0.481 e. The summed E-state index contributed by atoms with van der Waals surface area (Å²) < 4.78 is 0.817. The third kappa shape index (κ3) is 2.27. The van der Waals surface area contributed by atoms with Crippen LogP contribution in [0.25, 0.3) is 0 Å². The number of aryl methyl sites for hydroxylation is 1. The molecule has 5 heteroatoms. The zero-order chi connectivity index (χ0) is 8.43. The molecule has 1 aromatic rings. The molecule has 0 amide bonds. The van der Waals surface area contributed by atoms with E-state index < -0.39 is 5.97 Å². The molecular formula is C6H6BrNO2S. The highest BCUT2D eigenvalue weighted by molar-refractivity contribution is 9.11. The second-order valence-corrected chi connectivity index (χ2v) is 4.54. The molecule has 1 rings (SSSR count). The summed E-state index contributed by atoms with van der Waals surface area (Å²) in [6.07, 6.45) is -0.00900. The van der Waals surface area contributed by atoms with Crippen molar-refractivity contribution in [2.24, 2.45) is 0 Å². The molecule has 0 bridgehead atoms. The minimum Gasteiger partial charge on any atom is -0.481 e. The Bertz CT molecular complexity index is 284. The molecule has 11 heavy (non-hydrogen) atoms. The molecule has 0 saturated carbocycles. The Morgan fingerprint density at radius 3 is 2.82 bits per heavy atom. The molecule has 0 aliphatic heterocycles. The molecule has 1 aromatic heterocycles. The Kier molecular flexibility index (Phi) is 2.62. The molecule has 0 aliphatic carbocycles. The number of hydrogen-bond acceptors (Lipinski definition) is 3. The van der Waals surface area contributed by atoms with Crippen LogP contribution in [-0.2, 0) is 11.2 Å². The van der Waals surface area contributed by atoms with Gasteiger partial charge in [0.25, 0.3) is 0 Å². The summed E-state index contributed by atoms with van der Waals surface area (Å²) >= 11 is 4.69. The van der Waals surface area contributed by atoms with Gasteiger partial charge in [-0.15, -0.1) is 11.3 Å². The molecule has 3 nitrogen and oxygen atoms in total. The maximum Gasteiger partial charge on any atom is 0.309 e. The van der Waals surface area contributed by atoms with Crippen molar-refractivity contribution < 1.29 is 9.90 Å². The van der Waals surface area contributed by atoms with E-state index in [0.29, 0.717) is 5.69 Å². The van der Waals surface area contributed by atoms with Crippen molar-refractivity contribution in [1.82, 2.24) is 4.98 Å². The Morgan fingerprint density at radius 1 is 1.82 bits per heavy atom. The lowest BCUT2D eigenvalue weighted by Crippen LogP contribution is -2.00. The smallest absolute Gasteiger partial charge is 0.309 e. The Morgan fingerprint density at radius 2 is 2.45 bits per heavy atom.